The number of aromatic amines is 2. The van der Waals surface area contributed by atoms with Crippen LogP contribution in [0.2, 0.25) is 0 Å². The number of aliphatic hydroxyl groups excluding tert-OH is 1. The van der Waals surface area contributed by atoms with Crippen molar-refractivity contribution in [3.63, 3.8) is 0 Å². The van der Waals surface area contributed by atoms with Crippen LogP contribution >= 0.6 is 0 Å². The Morgan fingerprint density at radius 3 is 2.38 bits per heavy atom. The first kappa shape index (κ1) is 10.4. The Bertz CT molecular complexity index is 566. The van der Waals surface area contributed by atoms with Gasteiger partial charge in [-0.1, -0.05) is 24.3 Å². The number of rotatable bonds is 3. The predicted octanol–water partition coefficient (Wildman–Crippen LogP) is -0.595. The summed E-state index contributed by atoms with van der Waals surface area (Å²) in [6.45, 7) is 0.123. The molecular weight excluding hydrogens is 210 g/mol. The first-order chi connectivity index (χ1) is 7.70. The number of nitrogens with zero attached hydrogens (tertiary/aromatic N) is 1. The van der Waals surface area contributed by atoms with Crippen molar-refractivity contribution in [3.05, 3.63) is 56.4 Å². The van der Waals surface area contributed by atoms with E-state index in [2.05, 4.69) is 10.2 Å². The molecule has 0 aliphatic carbocycles. The van der Waals surface area contributed by atoms with E-state index in [9.17, 15) is 9.59 Å². The Hall–Kier alpha value is -2.08. The fourth-order valence-corrected chi connectivity index (χ4v) is 1.49. The molecule has 1 heterocycles. The van der Waals surface area contributed by atoms with E-state index in [-0.39, 0.29) is 13.2 Å². The fraction of sp³-hybridized carbons (Fsp3) is 0.200. The van der Waals surface area contributed by atoms with Crippen molar-refractivity contribution < 1.29 is 5.11 Å². The zero-order valence-electron chi connectivity index (χ0n) is 8.43. The van der Waals surface area contributed by atoms with Crippen LogP contribution in [0.1, 0.15) is 11.1 Å². The van der Waals surface area contributed by atoms with Crippen molar-refractivity contribution >= 4 is 0 Å². The number of hydrogen-bond acceptors (Lipinski definition) is 3. The van der Waals surface area contributed by atoms with Gasteiger partial charge in [0, 0.05) is 0 Å². The largest absolute Gasteiger partial charge is 0.392 e. The number of aromatic nitrogens is 3. The summed E-state index contributed by atoms with van der Waals surface area (Å²) in [6, 6.07) is 7.08. The summed E-state index contributed by atoms with van der Waals surface area (Å²) in [5.41, 5.74) is 0.593. The highest BCUT2D eigenvalue weighted by Gasteiger charge is 2.03. The average molecular weight is 221 g/mol. The minimum Gasteiger partial charge on any atom is -0.392 e. The van der Waals surface area contributed by atoms with Crippen LogP contribution in [0.5, 0.6) is 0 Å². The standard InChI is InChI=1S/C10H11N3O3/c14-6-8-3-1-2-7(4-8)5-13-9(15)11-12-10(13)16/h1-4,14H,5-6H2,(H,11,15)(H,12,16). The third-order valence-electron chi connectivity index (χ3n) is 2.28. The van der Waals surface area contributed by atoms with Crippen molar-refractivity contribution in [2.75, 3.05) is 0 Å². The molecule has 0 saturated heterocycles. The molecule has 84 valence electrons. The lowest BCUT2D eigenvalue weighted by atomic mass is 10.1. The van der Waals surface area contributed by atoms with Gasteiger partial charge in [-0.05, 0) is 11.1 Å². The number of benzene rings is 1. The van der Waals surface area contributed by atoms with Crippen LogP contribution in [0.3, 0.4) is 0 Å². The lowest BCUT2D eigenvalue weighted by Crippen LogP contribution is -2.27. The maximum atomic E-state index is 11.2. The van der Waals surface area contributed by atoms with Crippen LogP contribution < -0.4 is 11.4 Å². The quantitative estimate of drug-likeness (QED) is 0.646. The van der Waals surface area contributed by atoms with Crippen molar-refractivity contribution in [1.82, 2.24) is 14.8 Å². The summed E-state index contributed by atoms with van der Waals surface area (Å²) < 4.78 is 1.05. The number of hydrogen-bond donors (Lipinski definition) is 3. The normalized spacial score (nSPS) is 10.6. The lowest BCUT2D eigenvalue weighted by Gasteiger charge is -2.02. The van der Waals surface area contributed by atoms with Crippen LogP contribution in [0, 0.1) is 0 Å². The summed E-state index contributed by atoms with van der Waals surface area (Å²) in [5.74, 6) is 0. The summed E-state index contributed by atoms with van der Waals surface area (Å²) in [5, 5.41) is 13.4. The third-order valence-corrected chi connectivity index (χ3v) is 2.28. The fourth-order valence-electron chi connectivity index (χ4n) is 1.49. The monoisotopic (exact) mass is 221 g/mol. The highest BCUT2D eigenvalue weighted by atomic mass is 16.3. The minimum absolute atomic E-state index is 0.0633. The maximum Gasteiger partial charge on any atom is 0.344 e. The van der Waals surface area contributed by atoms with Gasteiger partial charge in [0.2, 0.25) is 0 Å². The van der Waals surface area contributed by atoms with Crippen LogP contribution in [-0.4, -0.2) is 19.9 Å². The first-order valence-electron chi connectivity index (χ1n) is 4.77. The summed E-state index contributed by atoms with van der Waals surface area (Å²) in [6.07, 6.45) is 0. The van der Waals surface area contributed by atoms with E-state index in [0.717, 1.165) is 15.7 Å². The predicted molar refractivity (Wildman–Crippen MR) is 57.1 cm³/mol. The minimum atomic E-state index is -0.473. The molecule has 0 saturated carbocycles. The topological polar surface area (TPSA) is 90.9 Å². The van der Waals surface area contributed by atoms with Gasteiger partial charge in [0.25, 0.3) is 0 Å². The van der Waals surface area contributed by atoms with E-state index in [1.807, 2.05) is 0 Å². The summed E-state index contributed by atoms with van der Waals surface area (Å²) in [4.78, 5) is 22.5. The Labute approximate surface area is 90.2 Å². The van der Waals surface area contributed by atoms with Gasteiger partial charge in [-0.2, -0.15) is 0 Å². The molecule has 3 N–H and O–H groups in total. The zero-order chi connectivity index (χ0) is 11.5. The summed E-state index contributed by atoms with van der Waals surface area (Å²) in [7, 11) is 0. The van der Waals surface area contributed by atoms with Crippen LogP contribution in [0.15, 0.2) is 33.9 Å². The van der Waals surface area contributed by atoms with Gasteiger partial charge in [-0.3, -0.25) is 0 Å². The molecule has 6 nitrogen and oxygen atoms in total. The highest BCUT2D eigenvalue weighted by molar-refractivity contribution is 5.23. The molecule has 0 aliphatic rings. The summed E-state index contributed by atoms with van der Waals surface area (Å²) >= 11 is 0. The second kappa shape index (κ2) is 4.19. The van der Waals surface area contributed by atoms with Gasteiger partial charge in [-0.15, -0.1) is 0 Å². The van der Waals surface area contributed by atoms with Gasteiger partial charge in [0.15, 0.2) is 0 Å². The van der Waals surface area contributed by atoms with Gasteiger partial charge < -0.3 is 5.11 Å². The molecule has 0 unspecified atom stereocenters. The molecule has 2 aromatic rings. The van der Waals surface area contributed by atoms with Crippen LogP contribution in [0.4, 0.5) is 0 Å². The molecule has 1 aromatic heterocycles. The van der Waals surface area contributed by atoms with Crippen LogP contribution in [0.25, 0.3) is 0 Å². The number of aliphatic hydroxyl groups is 1. The second-order valence-corrected chi connectivity index (χ2v) is 3.42. The van der Waals surface area contributed by atoms with E-state index < -0.39 is 11.4 Å². The van der Waals surface area contributed by atoms with Crippen molar-refractivity contribution in [2.24, 2.45) is 0 Å². The molecule has 0 atom stereocenters. The SMILES string of the molecule is O=c1[nH][nH]c(=O)n1Cc1cccc(CO)c1. The maximum absolute atomic E-state index is 11.2. The van der Waals surface area contributed by atoms with Crippen LogP contribution in [-0.2, 0) is 13.2 Å². The second-order valence-electron chi connectivity index (χ2n) is 3.42. The number of nitrogens with one attached hydrogen (secondary N) is 2. The molecule has 0 amide bonds. The first-order valence-corrected chi connectivity index (χ1v) is 4.77. The molecule has 0 fully saturated rings. The molecule has 6 heteroatoms. The highest BCUT2D eigenvalue weighted by Crippen LogP contribution is 2.05. The molecule has 0 aliphatic heterocycles. The van der Waals surface area contributed by atoms with Crippen molar-refractivity contribution in [1.29, 1.82) is 0 Å². The zero-order valence-corrected chi connectivity index (χ0v) is 8.43. The number of H-pyrrole nitrogens is 2. The Morgan fingerprint density at radius 1 is 1.12 bits per heavy atom. The van der Waals surface area contributed by atoms with E-state index in [1.165, 1.54) is 0 Å². The van der Waals surface area contributed by atoms with Crippen molar-refractivity contribution in [3.8, 4) is 0 Å². The Balaban J connectivity index is 2.34. The van der Waals surface area contributed by atoms with Gasteiger partial charge in [0.1, 0.15) is 0 Å². The lowest BCUT2D eigenvalue weighted by molar-refractivity contribution is 0.281. The molecule has 0 radical (unpaired) electrons. The molecule has 1 aromatic carbocycles. The van der Waals surface area contributed by atoms with E-state index >= 15 is 0 Å². The molecule has 0 bridgehead atoms. The smallest absolute Gasteiger partial charge is 0.344 e. The van der Waals surface area contributed by atoms with Gasteiger partial charge >= 0.3 is 11.4 Å². The third kappa shape index (κ3) is 1.96. The molecular formula is C10H11N3O3. The van der Waals surface area contributed by atoms with Crippen molar-refractivity contribution in [2.45, 2.75) is 13.2 Å². The van der Waals surface area contributed by atoms with E-state index in [1.54, 1.807) is 24.3 Å². The molecule has 0 spiro atoms. The van der Waals surface area contributed by atoms with Gasteiger partial charge in [-0.25, -0.2) is 24.4 Å². The average Bonchev–Trinajstić information content (AvgIpc) is 2.61. The Kier molecular flexibility index (Phi) is 2.74. The van der Waals surface area contributed by atoms with E-state index in [4.69, 9.17) is 5.11 Å². The molecule has 2 rings (SSSR count). The van der Waals surface area contributed by atoms with E-state index in [0.29, 0.717) is 0 Å². The molecule has 16 heavy (non-hydrogen) atoms. The van der Waals surface area contributed by atoms with Gasteiger partial charge in [0.05, 0.1) is 13.2 Å². The Morgan fingerprint density at radius 2 is 1.75 bits per heavy atom.